The Kier molecular flexibility index (Phi) is 4.74. The number of nitrogens with one attached hydrogen (secondary N) is 1. The number of benzene rings is 1. The van der Waals surface area contributed by atoms with Crippen LogP contribution in [-0.4, -0.2) is 53.9 Å². The molecule has 114 valence electrons. The van der Waals surface area contributed by atoms with Crippen molar-refractivity contribution in [2.24, 2.45) is 0 Å². The van der Waals surface area contributed by atoms with Gasteiger partial charge in [-0.1, -0.05) is 6.07 Å². The van der Waals surface area contributed by atoms with Gasteiger partial charge < -0.3 is 10.2 Å². The van der Waals surface area contributed by atoms with Gasteiger partial charge in [-0.15, -0.1) is 0 Å². The van der Waals surface area contributed by atoms with Crippen LogP contribution in [0.5, 0.6) is 0 Å². The Hall–Kier alpha value is -2.15. The molecule has 1 aromatic rings. The van der Waals surface area contributed by atoms with E-state index >= 15 is 0 Å². The van der Waals surface area contributed by atoms with Crippen molar-refractivity contribution in [1.29, 1.82) is 0 Å². The van der Waals surface area contributed by atoms with E-state index in [1.165, 1.54) is 0 Å². The van der Waals surface area contributed by atoms with Crippen molar-refractivity contribution >= 4 is 17.3 Å². The molecular weight excluding hydrogens is 272 g/mol. The molecule has 0 radical (unpaired) electrons. The molecule has 1 fully saturated rings. The minimum Gasteiger partial charge on any atom is -0.383 e. The number of anilines is 1. The van der Waals surface area contributed by atoms with E-state index in [1.807, 2.05) is 11.0 Å². The second-order valence-electron chi connectivity index (χ2n) is 5.14. The molecule has 0 aromatic heterocycles. The van der Waals surface area contributed by atoms with Crippen LogP contribution < -0.4 is 5.32 Å². The number of hydrogen-bond donors (Lipinski definition) is 1. The molecule has 0 unspecified atom stereocenters. The summed E-state index contributed by atoms with van der Waals surface area (Å²) in [5, 5.41) is 13.9. The van der Waals surface area contributed by atoms with E-state index in [9.17, 15) is 14.9 Å². The van der Waals surface area contributed by atoms with Crippen LogP contribution in [0.25, 0.3) is 0 Å². The van der Waals surface area contributed by atoms with Crippen molar-refractivity contribution < 1.29 is 9.72 Å². The zero-order valence-corrected chi connectivity index (χ0v) is 12.3. The molecule has 21 heavy (non-hydrogen) atoms. The number of amides is 1. The Morgan fingerprint density at radius 2 is 2.00 bits per heavy atom. The Balaban J connectivity index is 2.02. The first kappa shape index (κ1) is 15.2. The second-order valence-corrected chi connectivity index (χ2v) is 5.14. The topological polar surface area (TPSA) is 78.7 Å². The summed E-state index contributed by atoms with van der Waals surface area (Å²) in [7, 11) is 1.67. The number of piperazine rings is 1. The summed E-state index contributed by atoms with van der Waals surface area (Å²) in [6.45, 7) is 5.26. The molecule has 7 nitrogen and oxygen atoms in total. The molecule has 1 amide bonds. The highest BCUT2D eigenvalue weighted by molar-refractivity contribution is 5.73. The maximum Gasteiger partial charge on any atom is 0.292 e. The van der Waals surface area contributed by atoms with Crippen molar-refractivity contribution in [3.63, 3.8) is 0 Å². The minimum absolute atomic E-state index is 0.0948. The highest BCUT2D eigenvalue weighted by Gasteiger charge is 2.20. The molecule has 0 bridgehead atoms. The fraction of sp³-hybridized carbons (Fsp3) is 0.500. The maximum absolute atomic E-state index is 11.3. The van der Waals surface area contributed by atoms with E-state index in [4.69, 9.17) is 0 Å². The number of rotatable bonds is 4. The number of nitro benzene ring substituents is 1. The molecule has 0 saturated carbocycles. The van der Waals surface area contributed by atoms with Gasteiger partial charge in [0.1, 0.15) is 5.69 Å². The predicted octanol–water partition coefficient (Wildman–Crippen LogP) is 1.30. The van der Waals surface area contributed by atoms with Gasteiger partial charge in [0.05, 0.1) is 4.92 Å². The highest BCUT2D eigenvalue weighted by atomic mass is 16.6. The summed E-state index contributed by atoms with van der Waals surface area (Å²) in [4.78, 5) is 26.0. The Morgan fingerprint density at radius 1 is 1.33 bits per heavy atom. The lowest BCUT2D eigenvalue weighted by Crippen LogP contribution is -2.47. The number of carbonyl (C=O) groups excluding carboxylic acids is 1. The van der Waals surface area contributed by atoms with Gasteiger partial charge in [-0.3, -0.25) is 19.8 Å². The average Bonchev–Trinajstić information content (AvgIpc) is 2.47. The van der Waals surface area contributed by atoms with Crippen LogP contribution in [0.2, 0.25) is 0 Å². The van der Waals surface area contributed by atoms with Gasteiger partial charge >= 0.3 is 0 Å². The van der Waals surface area contributed by atoms with Gasteiger partial charge in [0.25, 0.3) is 5.69 Å². The fourth-order valence-electron chi connectivity index (χ4n) is 2.52. The number of nitro groups is 1. The second kappa shape index (κ2) is 6.53. The molecule has 1 aliphatic heterocycles. The lowest BCUT2D eigenvalue weighted by atomic mass is 10.1. The van der Waals surface area contributed by atoms with Crippen molar-refractivity contribution in [3.8, 4) is 0 Å². The van der Waals surface area contributed by atoms with Gasteiger partial charge in [-0.2, -0.15) is 0 Å². The van der Waals surface area contributed by atoms with Crippen molar-refractivity contribution in [2.45, 2.75) is 13.5 Å². The van der Waals surface area contributed by atoms with Crippen molar-refractivity contribution in [1.82, 2.24) is 9.80 Å². The van der Waals surface area contributed by atoms with E-state index in [1.54, 1.807) is 26.1 Å². The standard InChI is InChI=1S/C14H20N4O3/c1-11(19)17-7-5-16(6-8-17)10-12-3-4-13(15-2)14(9-12)18(20)21/h3-4,9,15H,5-8,10H2,1-2H3. The van der Waals surface area contributed by atoms with E-state index in [0.29, 0.717) is 25.3 Å². The maximum atomic E-state index is 11.3. The normalized spacial score (nSPS) is 15.8. The molecule has 0 spiro atoms. The number of hydrogen-bond acceptors (Lipinski definition) is 5. The Labute approximate surface area is 123 Å². The summed E-state index contributed by atoms with van der Waals surface area (Å²) in [5.41, 5.74) is 1.53. The molecule has 0 atom stereocenters. The van der Waals surface area contributed by atoms with Gasteiger partial charge in [-0.25, -0.2) is 0 Å². The molecule has 1 saturated heterocycles. The SMILES string of the molecule is CNc1ccc(CN2CCN(C(C)=O)CC2)cc1[N+](=O)[O-]. The molecule has 1 heterocycles. The lowest BCUT2D eigenvalue weighted by Gasteiger charge is -2.34. The van der Waals surface area contributed by atoms with Crippen LogP contribution in [0.3, 0.4) is 0 Å². The van der Waals surface area contributed by atoms with Gasteiger partial charge in [0.15, 0.2) is 0 Å². The van der Waals surface area contributed by atoms with Crippen LogP contribution in [0, 0.1) is 10.1 Å². The smallest absolute Gasteiger partial charge is 0.292 e. The van der Waals surface area contributed by atoms with Crippen LogP contribution >= 0.6 is 0 Å². The predicted molar refractivity (Wildman–Crippen MR) is 80.2 cm³/mol. The average molecular weight is 292 g/mol. The summed E-state index contributed by atoms with van der Waals surface area (Å²) in [6, 6.07) is 5.25. The van der Waals surface area contributed by atoms with Crippen LogP contribution in [-0.2, 0) is 11.3 Å². The van der Waals surface area contributed by atoms with E-state index < -0.39 is 0 Å². The van der Waals surface area contributed by atoms with E-state index in [0.717, 1.165) is 18.7 Å². The van der Waals surface area contributed by atoms with E-state index in [-0.39, 0.29) is 16.5 Å². The first-order valence-electron chi connectivity index (χ1n) is 6.94. The van der Waals surface area contributed by atoms with Crippen molar-refractivity contribution in [3.05, 3.63) is 33.9 Å². The quantitative estimate of drug-likeness (QED) is 0.668. The van der Waals surface area contributed by atoms with Gasteiger partial charge in [0.2, 0.25) is 5.91 Å². The molecule has 1 aromatic carbocycles. The fourth-order valence-corrected chi connectivity index (χ4v) is 2.52. The molecule has 7 heteroatoms. The third kappa shape index (κ3) is 3.69. The van der Waals surface area contributed by atoms with Crippen LogP contribution in [0.4, 0.5) is 11.4 Å². The summed E-state index contributed by atoms with van der Waals surface area (Å²) < 4.78 is 0. The third-order valence-corrected chi connectivity index (χ3v) is 3.75. The first-order valence-corrected chi connectivity index (χ1v) is 6.94. The van der Waals surface area contributed by atoms with Crippen LogP contribution in [0.15, 0.2) is 18.2 Å². The molecule has 1 N–H and O–H groups in total. The Morgan fingerprint density at radius 3 is 2.52 bits per heavy atom. The zero-order valence-electron chi connectivity index (χ0n) is 12.3. The number of carbonyl (C=O) groups is 1. The lowest BCUT2D eigenvalue weighted by molar-refractivity contribution is -0.384. The molecule has 0 aliphatic carbocycles. The zero-order chi connectivity index (χ0) is 15.4. The van der Waals surface area contributed by atoms with E-state index in [2.05, 4.69) is 10.2 Å². The first-order chi connectivity index (χ1) is 10.0. The summed E-state index contributed by atoms with van der Waals surface area (Å²) in [5.74, 6) is 0.101. The monoisotopic (exact) mass is 292 g/mol. The largest absolute Gasteiger partial charge is 0.383 e. The molecular formula is C14H20N4O3. The molecule has 2 rings (SSSR count). The van der Waals surface area contributed by atoms with Crippen LogP contribution in [0.1, 0.15) is 12.5 Å². The third-order valence-electron chi connectivity index (χ3n) is 3.75. The Bertz CT molecular complexity index is 539. The summed E-state index contributed by atoms with van der Waals surface area (Å²) >= 11 is 0. The van der Waals surface area contributed by atoms with Gasteiger partial charge in [-0.05, 0) is 11.6 Å². The van der Waals surface area contributed by atoms with Gasteiger partial charge in [0, 0.05) is 52.8 Å². The molecule has 1 aliphatic rings. The highest BCUT2D eigenvalue weighted by Crippen LogP contribution is 2.25. The minimum atomic E-state index is -0.372. The summed E-state index contributed by atoms with van der Waals surface area (Å²) in [6.07, 6.45) is 0. The van der Waals surface area contributed by atoms with Crippen molar-refractivity contribution in [2.75, 3.05) is 38.5 Å². The number of nitrogens with zero attached hydrogens (tertiary/aromatic N) is 3.